The van der Waals surface area contributed by atoms with E-state index in [-0.39, 0.29) is 6.54 Å². The highest BCUT2D eigenvalue weighted by Gasteiger charge is 2.19. The molecular formula is C9H11ClN4O2. The summed E-state index contributed by atoms with van der Waals surface area (Å²) in [7, 11) is 0. The summed E-state index contributed by atoms with van der Waals surface area (Å²) in [6, 6.07) is 1.58. The van der Waals surface area contributed by atoms with Crippen molar-refractivity contribution in [2.75, 3.05) is 6.54 Å². The average molecular weight is 243 g/mol. The lowest BCUT2D eigenvalue weighted by atomic mass is 10.0. The van der Waals surface area contributed by atoms with Crippen molar-refractivity contribution in [3.63, 3.8) is 0 Å². The lowest BCUT2D eigenvalue weighted by molar-refractivity contribution is 0.0238. The summed E-state index contributed by atoms with van der Waals surface area (Å²) >= 11 is 5.66. The normalized spacial score (nSPS) is 14.0. The van der Waals surface area contributed by atoms with Crippen LogP contribution >= 0.6 is 11.6 Å². The van der Waals surface area contributed by atoms with Gasteiger partial charge in [0, 0.05) is 16.7 Å². The minimum Gasteiger partial charge on any atom is -0.390 e. The fraction of sp³-hybridized carbons (Fsp3) is 0.444. The Balaban J connectivity index is 2.86. The monoisotopic (exact) mass is 242 g/mol. The summed E-state index contributed by atoms with van der Waals surface area (Å²) in [4.78, 5) is 6.32. The van der Waals surface area contributed by atoms with E-state index in [2.05, 4.69) is 15.0 Å². The molecule has 0 fully saturated rings. The molecule has 16 heavy (non-hydrogen) atoms. The molecule has 0 aliphatic rings. The van der Waals surface area contributed by atoms with Crippen molar-refractivity contribution < 1.29 is 10.2 Å². The number of hydrogen-bond donors (Lipinski definition) is 2. The summed E-state index contributed by atoms with van der Waals surface area (Å²) in [6.45, 7) is 1.55. The molecule has 1 aromatic heterocycles. The Morgan fingerprint density at radius 3 is 2.88 bits per heavy atom. The van der Waals surface area contributed by atoms with Crippen molar-refractivity contribution in [1.82, 2.24) is 4.98 Å². The Labute approximate surface area is 97.1 Å². The van der Waals surface area contributed by atoms with Crippen LogP contribution in [0.3, 0.4) is 0 Å². The van der Waals surface area contributed by atoms with Gasteiger partial charge in [-0.25, -0.2) is 4.98 Å². The fourth-order valence-electron chi connectivity index (χ4n) is 1.27. The van der Waals surface area contributed by atoms with Crippen LogP contribution in [0.1, 0.15) is 17.2 Å². The molecule has 2 N–H and O–H groups in total. The number of pyridine rings is 1. The molecule has 0 saturated heterocycles. The lowest BCUT2D eigenvalue weighted by Crippen LogP contribution is -2.22. The first-order valence-electron chi connectivity index (χ1n) is 4.55. The highest BCUT2D eigenvalue weighted by atomic mass is 35.5. The second kappa shape index (κ2) is 5.67. The van der Waals surface area contributed by atoms with Gasteiger partial charge in [-0.05, 0) is 24.1 Å². The largest absolute Gasteiger partial charge is 0.390 e. The number of nitrogens with zero attached hydrogens (tertiary/aromatic N) is 4. The molecular weight excluding hydrogens is 232 g/mol. The molecule has 1 rings (SSSR count). The molecule has 2 unspecified atom stereocenters. The third-order valence-electron chi connectivity index (χ3n) is 2.13. The van der Waals surface area contributed by atoms with E-state index in [1.807, 2.05) is 0 Å². The van der Waals surface area contributed by atoms with Crippen LogP contribution in [0.15, 0.2) is 17.4 Å². The van der Waals surface area contributed by atoms with E-state index in [4.69, 9.17) is 17.1 Å². The van der Waals surface area contributed by atoms with E-state index in [0.29, 0.717) is 16.3 Å². The van der Waals surface area contributed by atoms with Crippen LogP contribution in [0.5, 0.6) is 0 Å². The van der Waals surface area contributed by atoms with Crippen LogP contribution in [0, 0.1) is 6.92 Å². The van der Waals surface area contributed by atoms with Crippen LogP contribution < -0.4 is 0 Å². The molecule has 0 radical (unpaired) electrons. The number of aliphatic hydroxyl groups is 2. The van der Waals surface area contributed by atoms with Crippen molar-refractivity contribution in [3.05, 3.63) is 39.0 Å². The Morgan fingerprint density at radius 1 is 1.62 bits per heavy atom. The van der Waals surface area contributed by atoms with Gasteiger partial charge in [-0.2, -0.15) is 0 Å². The van der Waals surface area contributed by atoms with Crippen LogP contribution in [0.25, 0.3) is 10.4 Å². The quantitative estimate of drug-likeness (QED) is 0.364. The van der Waals surface area contributed by atoms with Crippen molar-refractivity contribution in [1.29, 1.82) is 0 Å². The number of halogens is 1. The van der Waals surface area contributed by atoms with E-state index >= 15 is 0 Å². The SMILES string of the molecule is Cc1cc(Cl)ncc1C(O)C(O)CN=[N+]=[N-]. The van der Waals surface area contributed by atoms with Crippen molar-refractivity contribution in [2.45, 2.75) is 19.1 Å². The zero-order valence-corrected chi connectivity index (χ0v) is 9.33. The van der Waals surface area contributed by atoms with E-state index < -0.39 is 12.2 Å². The molecule has 0 aliphatic heterocycles. The summed E-state index contributed by atoms with van der Waals surface area (Å²) in [5.74, 6) is 0. The number of aromatic nitrogens is 1. The van der Waals surface area contributed by atoms with Crippen molar-refractivity contribution >= 4 is 11.6 Å². The summed E-state index contributed by atoms with van der Waals surface area (Å²) in [5, 5.41) is 22.8. The molecule has 2 atom stereocenters. The van der Waals surface area contributed by atoms with Crippen molar-refractivity contribution in [2.24, 2.45) is 5.11 Å². The Hall–Kier alpha value is -1.33. The first kappa shape index (κ1) is 12.7. The minimum atomic E-state index is -1.16. The first-order chi connectivity index (χ1) is 7.56. The van der Waals surface area contributed by atoms with E-state index in [1.54, 1.807) is 13.0 Å². The highest BCUT2D eigenvalue weighted by Crippen LogP contribution is 2.22. The first-order valence-corrected chi connectivity index (χ1v) is 4.93. The zero-order chi connectivity index (χ0) is 12.1. The lowest BCUT2D eigenvalue weighted by Gasteiger charge is -2.17. The number of aliphatic hydroxyl groups excluding tert-OH is 2. The third kappa shape index (κ3) is 3.08. The summed E-state index contributed by atoms with van der Waals surface area (Å²) < 4.78 is 0. The number of aryl methyl sites for hydroxylation is 1. The zero-order valence-electron chi connectivity index (χ0n) is 8.58. The van der Waals surface area contributed by atoms with E-state index in [1.165, 1.54) is 6.20 Å². The highest BCUT2D eigenvalue weighted by molar-refractivity contribution is 6.29. The molecule has 86 valence electrons. The Bertz CT molecular complexity index is 420. The standard InChI is InChI=1S/C9H11ClN4O2/c1-5-2-8(10)12-3-6(5)9(16)7(15)4-13-14-11/h2-3,7,9,15-16H,4H2,1H3. The molecule has 1 heterocycles. The molecule has 6 nitrogen and oxygen atoms in total. The molecule has 0 spiro atoms. The Kier molecular flexibility index (Phi) is 4.52. The van der Waals surface area contributed by atoms with Crippen LogP contribution in [0.2, 0.25) is 5.15 Å². The van der Waals surface area contributed by atoms with Crippen LogP contribution in [-0.4, -0.2) is 27.8 Å². The predicted octanol–water partition coefficient (Wildman–Crippen LogP) is 1.75. The van der Waals surface area contributed by atoms with Crippen LogP contribution in [-0.2, 0) is 0 Å². The maximum Gasteiger partial charge on any atom is 0.129 e. The predicted molar refractivity (Wildman–Crippen MR) is 59.0 cm³/mol. The van der Waals surface area contributed by atoms with Gasteiger partial charge in [-0.1, -0.05) is 16.7 Å². The maximum atomic E-state index is 9.77. The molecule has 0 aliphatic carbocycles. The topological polar surface area (TPSA) is 102 Å². The molecule has 0 saturated carbocycles. The van der Waals surface area contributed by atoms with Gasteiger partial charge in [0.1, 0.15) is 11.3 Å². The maximum absolute atomic E-state index is 9.77. The molecule has 1 aromatic rings. The molecule has 0 amide bonds. The molecule has 0 aromatic carbocycles. The van der Waals surface area contributed by atoms with Gasteiger partial charge >= 0.3 is 0 Å². The Morgan fingerprint density at radius 2 is 2.31 bits per heavy atom. The van der Waals surface area contributed by atoms with Gasteiger partial charge in [0.15, 0.2) is 0 Å². The molecule has 7 heteroatoms. The second-order valence-corrected chi connectivity index (χ2v) is 3.68. The van der Waals surface area contributed by atoms with E-state index in [9.17, 15) is 10.2 Å². The number of hydrogen-bond acceptors (Lipinski definition) is 4. The summed E-state index contributed by atoms with van der Waals surface area (Å²) in [6.07, 6.45) is -0.908. The minimum absolute atomic E-state index is 0.195. The number of rotatable bonds is 4. The van der Waals surface area contributed by atoms with Gasteiger partial charge in [0.2, 0.25) is 0 Å². The van der Waals surface area contributed by atoms with Gasteiger partial charge in [0.25, 0.3) is 0 Å². The van der Waals surface area contributed by atoms with Gasteiger partial charge < -0.3 is 10.2 Å². The van der Waals surface area contributed by atoms with Gasteiger partial charge in [-0.15, -0.1) is 0 Å². The van der Waals surface area contributed by atoms with Gasteiger partial charge in [-0.3, -0.25) is 0 Å². The van der Waals surface area contributed by atoms with E-state index in [0.717, 1.165) is 0 Å². The van der Waals surface area contributed by atoms with Crippen molar-refractivity contribution in [3.8, 4) is 0 Å². The van der Waals surface area contributed by atoms with Gasteiger partial charge in [0.05, 0.1) is 12.6 Å². The average Bonchev–Trinajstić information content (AvgIpc) is 2.25. The smallest absolute Gasteiger partial charge is 0.129 e. The van der Waals surface area contributed by atoms with Crippen LogP contribution in [0.4, 0.5) is 0 Å². The summed E-state index contributed by atoms with van der Waals surface area (Å²) in [5.41, 5.74) is 9.27. The number of azide groups is 1. The third-order valence-corrected chi connectivity index (χ3v) is 2.34. The second-order valence-electron chi connectivity index (χ2n) is 3.29. The molecule has 0 bridgehead atoms. The fourth-order valence-corrected chi connectivity index (χ4v) is 1.48.